The fraction of sp³-hybridized carbons (Fsp3) is 0. The van der Waals surface area contributed by atoms with Crippen molar-refractivity contribution >= 4 is 56.7 Å². The third-order valence-corrected chi connectivity index (χ3v) is 2.83. The number of hydrogen-bond acceptors (Lipinski definition) is 3. The lowest BCUT2D eigenvalue weighted by Crippen LogP contribution is -1.97. The topological polar surface area (TPSA) is 60.2 Å². The third-order valence-electron chi connectivity index (χ3n) is 1.44. The van der Waals surface area contributed by atoms with Crippen LogP contribution in [-0.4, -0.2) is 10.2 Å². The molecule has 0 unspecified atom stereocenters. The van der Waals surface area contributed by atoms with E-state index in [-0.39, 0.29) is 16.3 Å². The fourth-order valence-electron chi connectivity index (χ4n) is 0.828. The Labute approximate surface area is 102 Å². The summed E-state index contributed by atoms with van der Waals surface area (Å²) >= 11 is 12.6. The molecule has 0 aromatic heterocycles. The number of benzene rings is 1. The van der Waals surface area contributed by atoms with Gasteiger partial charge >= 0.3 is 0 Å². The van der Waals surface area contributed by atoms with E-state index in [9.17, 15) is 14.9 Å². The van der Waals surface area contributed by atoms with Crippen LogP contribution in [0.1, 0.15) is 10.4 Å². The Morgan fingerprint density at radius 1 is 1.50 bits per heavy atom. The van der Waals surface area contributed by atoms with Gasteiger partial charge in [0.1, 0.15) is 0 Å². The molecule has 7 heteroatoms. The molecular weight excluding hydrogens is 344 g/mol. The number of rotatable bonds is 2. The molecule has 0 radical (unpaired) electrons. The second kappa shape index (κ2) is 4.41. The van der Waals surface area contributed by atoms with Gasteiger partial charge in [-0.3, -0.25) is 14.9 Å². The van der Waals surface area contributed by atoms with Gasteiger partial charge in [0.2, 0.25) is 0 Å². The van der Waals surface area contributed by atoms with Crippen molar-refractivity contribution in [3.05, 3.63) is 36.4 Å². The number of nitro groups is 1. The Bertz CT molecular complexity index is 386. The summed E-state index contributed by atoms with van der Waals surface area (Å²) in [5.74, 6) is 0. The van der Waals surface area contributed by atoms with Gasteiger partial charge in [-0.15, -0.1) is 0 Å². The van der Waals surface area contributed by atoms with Crippen LogP contribution in [0.15, 0.2) is 12.1 Å². The average molecular weight is 346 g/mol. The summed E-state index contributed by atoms with van der Waals surface area (Å²) in [5, 5.41) is 9.81. The van der Waals surface area contributed by atoms with Crippen LogP contribution >= 0.6 is 45.8 Å². The SMILES string of the molecule is O=C(Cl)c1cc([N+](=O)[O-])c(I)cc1Cl. The molecule has 0 fully saturated rings. The van der Waals surface area contributed by atoms with Gasteiger partial charge in [-0.1, -0.05) is 11.6 Å². The van der Waals surface area contributed by atoms with E-state index in [4.69, 9.17) is 23.2 Å². The van der Waals surface area contributed by atoms with Crippen LogP contribution in [0.2, 0.25) is 5.02 Å². The number of carbonyl (C=O) groups is 1. The van der Waals surface area contributed by atoms with Crippen molar-refractivity contribution in [1.82, 2.24) is 0 Å². The number of carbonyl (C=O) groups excluding carboxylic acids is 1. The van der Waals surface area contributed by atoms with Gasteiger partial charge in [-0.05, 0) is 40.3 Å². The number of nitro benzene ring substituents is 1. The quantitative estimate of drug-likeness (QED) is 0.358. The highest BCUT2D eigenvalue weighted by Crippen LogP contribution is 2.28. The number of hydrogen-bond donors (Lipinski definition) is 0. The van der Waals surface area contributed by atoms with Crippen molar-refractivity contribution in [3.8, 4) is 0 Å². The van der Waals surface area contributed by atoms with Crippen LogP contribution in [0.4, 0.5) is 5.69 Å². The molecule has 14 heavy (non-hydrogen) atoms. The Kier molecular flexibility index (Phi) is 3.68. The highest BCUT2D eigenvalue weighted by atomic mass is 127. The molecule has 0 heterocycles. The predicted molar refractivity (Wildman–Crippen MR) is 61.0 cm³/mol. The van der Waals surface area contributed by atoms with E-state index >= 15 is 0 Å². The molecule has 0 aliphatic heterocycles. The van der Waals surface area contributed by atoms with Crippen LogP contribution in [0.25, 0.3) is 0 Å². The lowest BCUT2D eigenvalue weighted by atomic mass is 10.2. The molecule has 0 saturated heterocycles. The zero-order valence-electron chi connectivity index (χ0n) is 6.46. The summed E-state index contributed by atoms with van der Waals surface area (Å²) in [6, 6.07) is 2.40. The minimum Gasteiger partial charge on any atom is -0.276 e. The maximum Gasteiger partial charge on any atom is 0.283 e. The second-order valence-corrected chi connectivity index (χ2v) is 4.23. The highest BCUT2D eigenvalue weighted by molar-refractivity contribution is 14.1. The maximum atomic E-state index is 10.8. The van der Waals surface area contributed by atoms with Crippen molar-refractivity contribution in [2.24, 2.45) is 0 Å². The van der Waals surface area contributed by atoms with Crippen LogP contribution in [-0.2, 0) is 0 Å². The van der Waals surface area contributed by atoms with Crippen molar-refractivity contribution in [2.45, 2.75) is 0 Å². The lowest BCUT2D eigenvalue weighted by Gasteiger charge is -2.00. The van der Waals surface area contributed by atoms with Gasteiger partial charge in [0.15, 0.2) is 0 Å². The van der Waals surface area contributed by atoms with Crippen molar-refractivity contribution < 1.29 is 9.72 Å². The molecule has 0 aliphatic carbocycles. The molecule has 0 spiro atoms. The normalized spacial score (nSPS) is 9.93. The Hall–Kier alpha value is -0.400. The van der Waals surface area contributed by atoms with E-state index in [1.807, 2.05) is 0 Å². The van der Waals surface area contributed by atoms with E-state index in [2.05, 4.69) is 0 Å². The molecule has 0 atom stereocenters. The van der Waals surface area contributed by atoms with Crippen LogP contribution in [0.3, 0.4) is 0 Å². The second-order valence-electron chi connectivity index (χ2n) is 2.31. The molecular formula is C7H2Cl2INO3. The molecule has 0 N–H and O–H groups in total. The van der Waals surface area contributed by atoms with E-state index in [1.165, 1.54) is 6.07 Å². The van der Waals surface area contributed by atoms with Gasteiger partial charge in [0, 0.05) is 6.07 Å². The van der Waals surface area contributed by atoms with Gasteiger partial charge in [0.05, 0.1) is 19.1 Å². The van der Waals surface area contributed by atoms with Gasteiger partial charge in [-0.25, -0.2) is 0 Å². The smallest absolute Gasteiger partial charge is 0.276 e. The summed E-state index contributed by atoms with van der Waals surface area (Å²) < 4.78 is 0.360. The van der Waals surface area contributed by atoms with E-state index in [0.29, 0.717) is 3.57 Å². The molecule has 0 bridgehead atoms. The standard InChI is InChI=1S/C7H2Cl2INO3/c8-4-2-5(10)6(11(13)14)1-3(4)7(9)12/h1-2H. The van der Waals surface area contributed by atoms with Crippen LogP contribution < -0.4 is 0 Å². The Morgan fingerprint density at radius 3 is 2.50 bits per heavy atom. The molecule has 0 amide bonds. The minimum atomic E-state index is -0.811. The maximum absolute atomic E-state index is 10.8. The van der Waals surface area contributed by atoms with Crippen molar-refractivity contribution in [3.63, 3.8) is 0 Å². The first-order valence-electron chi connectivity index (χ1n) is 3.26. The third kappa shape index (κ3) is 2.34. The monoisotopic (exact) mass is 345 g/mol. The highest BCUT2D eigenvalue weighted by Gasteiger charge is 2.18. The van der Waals surface area contributed by atoms with Gasteiger partial charge < -0.3 is 0 Å². The van der Waals surface area contributed by atoms with Gasteiger partial charge in [-0.2, -0.15) is 0 Å². The van der Waals surface area contributed by atoms with E-state index in [1.54, 1.807) is 22.6 Å². The molecule has 74 valence electrons. The molecule has 1 rings (SSSR count). The zero-order valence-corrected chi connectivity index (χ0v) is 10.1. The molecule has 1 aromatic rings. The first-order valence-corrected chi connectivity index (χ1v) is 5.10. The number of halogens is 3. The zero-order chi connectivity index (χ0) is 10.9. The van der Waals surface area contributed by atoms with E-state index < -0.39 is 10.2 Å². The minimum absolute atomic E-state index is 0.0551. The fourth-order valence-corrected chi connectivity index (χ4v) is 2.13. The first-order chi connectivity index (χ1) is 6.43. The summed E-state index contributed by atoms with van der Waals surface area (Å²) in [7, 11) is 0. The summed E-state index contributed by atoms with van der Waals surface area (Å²) in [6.07, 6.45) is 0. The average Bonchev–Trinajstić information content (AvgIpc) is 2.02. The van der Waals surface area contributed by atoms with Gasteiger partial charge in [0.25, 0.3) is 10.9 Å². The van der Waals surface area contributed by atoms with Crippen molar-refractivity contribution in [1.29, 1.82) is 0 Å². The Morgan fingerprint density at radius 2 is 2.07 bits per heavy atom. The van der Waals surface area contributed by atoms with E-state index in [0.717, 1.165) is 6.07 Å². The number of nitrogens with zero attached hydrogens (tertiary/aromatic N) is 1. The van der Waals surface area contributed by atoms with Crippen LogP contribution in [0, 0.1) is 13.7 Å². The predicted octanol–water partition coefficient (Wildman–Crippen LogP) is 3.23. The lowest BCUT2D eigenvalue weighted by molar-refractivity contribution is -0.385. The van der Waals surface area contributed by atoms with Crippen LogP contribution in [0.5, 0.6) is 0 Å². The largest absolute Gasteiger partial charge is 0.283 e. The molecule has 4 nitrogen and oxygen atoms in total. The summed E-state index contributed by atoms with van der Waals surface area (Å²) in [4.78, 5) is 20.7. The Balaban J connectivity index is 3.42. The first kappa shape index (κ1) is 11.7. The molecule has 1 aromatic carbocycles. The molecule has 0 saturated carbocycles. The summed E-state index contributed by atoms with van der Waals surface area (Å²) in [6.45, 7) is 0. The summed E-state index contributed by atoms with van der Waals surface area (Å²) in [5.41, 5.74) is -0.237. The molecule has 0 aliphatic rings. The van der Waals surface area contributed by atoms with Crippen molar-refractivity contribution in [2.75, 3.05) is 0 Å².